The average Bonchev–Trinajstić information content (AvgIpc) is 3.16. The van der Waals surface area contributed by atoms with Crippen molar-refractivity contribution in [3.63, 3.8) is 0 Å². The van der Waals surface area contributed by atoms with Gasteiger partial charge in [0.2, 0.25) is 5.91 Å². The Morgan fingerprint density at radius 2 is 1.93 bits per heavy atom. The van der Waals surface area contributed by atoms with E-state index in [4.69, 9.17) is 16.3 Å². The van der Waals surface area contributed by atoms with E-state index in [0.29, 0.717) is 10.7 Å². The van der Waals surface area contributed by atoms with Crippen molar-refractivity contribution < 1.29 is 9.53 Å². The molecule has 4 rings (SSSR count). The van der Waals surface area contributed by atoms with Crippen molar-refractivity contribution in [2.24, 2.45) is 0 Å². The van der Waals surface area contributed by atoms with Crippen LogP contribution in [0.15, 0.2) is 66.7 Å². The first kappa shape index (κ1) is 19.7. The molecule has 0 saturated carbocycles. The summed E-state index contributed by atoms with van der Waals surface area (Å²) in [6, 6.07) is 18.8. The Hall–Kier alpha value is -3.57. The quantitative estimate of drug-likeness (QED) is 0.400. The fourth-order valence-electron chi connectivity index (χ4n) is 3.09. The van der Waals surface area contributed by atoms with E-state index in [0.717, 1.165) is 39.3 Å². The van der Waals surface area contributed by atoms with E-state index < -0.39 is 0 Å². The molecule has 0 aliphatic rings. The highest BCUT2D eigenvalue weighted by Gasteiger charge is 2.09. The highest BCUT2D eigenvalue weighted by Crippen LogP contribution is 2.26. The maximum Gasteiger partial charge on any atom is 0.248 e. The number of hydrogen-bond acceptors (Lipinski definition) is 3. The van der Waals surface area contributed by atoms with E-state index in [1.165, 1.54) is 6.08 Å². The van der Waals surface area contributed by atoms with Gasteiger partial charge in [-0.15, -0.1) is 0 Å². The summed E-state index contributed by atoms with van der Waals surface area (Å²) >= 11 is 6.20. The van der Waals surface area contributed by atoms with Crippen molar-refractivity contribution in [2.75, 3.05) is 12.4 Å². The van der Waals surface area contributed by atoms with Crippen molar-refractivity contribution in [2.45, 2.75) is 6.92 Å². The minimum atomic E-state index is -0.213. The van der Waals surface area contributed by atoms with Crippen LogP contribution < -0.4 is 10.1 Å². The molecule has 1 heterocycles. The van der Waals surface area contributed by atoms with Crippen LogP contribution in [0.2, 0.25) is 5.02 Å². The fourth-order valence-corrected chi connectivity index (χ4v) is 3.25. The highest BCUT2D eigenvalue weighted by atomic mass is 35.5. The number of imidazole rings is 1. The lowest BCUT2D eigenvalue weighted by Gasteiger charge is -2.04. The topological polar surface area (TPSA) is 67.0 Å². The number of methoxy groups -OCH3 is 1. The summed E-state index contributed by atoms with van der Waals surface area (Å²) in [4.78, 5) is 20.2. The number of nitrogens with zero attached hydrogens (tertiary/aromatic N) is 1. The van der Waals surface area contributed by atoms with Gasteiger partial charge in [-0.2, -0.15) is 0 Å². The second-order valence-corrected chi connectivity index (χ2v) is 7.29. The molecule has 0 bridgehead atoms. The molecule has 3 aromatic carbocycles. The molecule has 4 aromatic rings. The van der Waals surface area contributed by atoms with E-state index in [1.807, 2.05) is 67.6 Å². The Labute approximate surface area is 179 Å². The van der Waals surface area contributed by atoms with Gasteiger partial charge in [-0.3, -0.25) is 4.79 Å². The summed E-state index contributed by atoms with van der Waals surface area (Å²) in [6.45, 7) is 1.96. The van der Waals surface area contributed by atoms with Crippen LogP contribution in [0.4, 0.5) is 5.69 Å². The van der Waals surface area contributed by atoms with Crippen molar-refractivity contribution >= 4 is 40.3 Å². The second-order valence-electron chi connectivity index (χ2n) is 6.88. The Balaban J connectivity index is 1.50. The summed E-state index contributed by atoms with van der Waals surface area (Å²) in [5.41, 5.74) is 5.18. The maximum atomic E-state index is 12.3. The number of carbonyl (C=O) groups excluding carboxylic acids is 1. The van der Waals surface area contributed by atoms with Gasteiger partial charge in [0.25, 0.3) is 0 Å². The first-order chi connectivity index (χ1) is 14.5. The number of aromatic nitrogens is 2. The number of anilines is 1. The third-order valence-corrected chi connectivity index (χ3v) is 5.12. The normalized spacial score (nSPS) is 11.2. The van der Waals surface area contributed by atoms with Gasteiger partial charge in [0.05, 0.1) is 18.1 Å². The van der Waals surface area contributed by atoms with E-state index in [1.54, 1.807) is 13.2 Å². The molecule has 0 spiro atoms. The van der Waals surface area contributed by atoms with Gasteiger partial charge < -0.3 is 15.0 Å². The number of benzene rings is 3. The number of halogens is 1. The van der Waals surface area contributed by atoms with Crippen LogP contribution in [0.1, 0.15) is 11.1 Å². The minimum Gasteiger partial charge on any atom is -0.497 e. The molecule has 0 fully saturated rings. The fraction of sp³-hybridized carbons (Fsp3) is 0.0833. The van der Waals surface area contributed by atoms with Crippen LogP contribution in [0, 0.1) is 6.92 Å². The summed E-state index contributed by atoms with van der Waals surface area (Å²) < 4.78 is 5.13. The number of aryl methyl sites for hydroxylation is 1. The lowest BCUT2D eigenvalue weighted by molar-refractivity contribution is -0.111. The predicted octanol–water partition coefficient (Wildman–Crippen LogP) is 5.85. The summed E-state index contributed by atoms with van der Waals surface area (Å²) in [5, 5.41) is 3.57. The van der Waals surface area contributed by atoms with E-state index in [2.05, 4.69) is 15.3 Å². The molecule has 30 heavy (non-hydrogen) atoms. The lowest BCUT2D eigenvalue weighted by Crippen LogP contribution is -2.07. The molecule has 150 valence electrons. The van der Waals surface area contributed by atoms with Crippen molar-refractivity contribution in [3.8, 4) is 17.1 Å². The van der Waals surface area contributed by atoms with Crippen molar-refractivity contribution in [1.29, 1.82) is 0 Å². The van der Waals surface area contributed by atoms with E-state index >= 15 is 0 Å². The molecular formula is C24H20ClN3O2. The van der Waals surface area contributed by atoms with E-state index in [-0.39, 0.29) is 5.91 Å². The third-order valence-electron chi connectivity index (χ3n) is 4.71. The summed E-state index contributed by atoms with van der Waals surface area (Å²) in [5.74, 6) is 1.28. The Bertz CT molecular complexity index is 1200. The second kappa shape index (κ2) is 8.43. The number of rotatable bonds is 5. The van der Waals surface area contributed by atoms with Crippen LogP contribution in [0.25, 0.3) is 28.5 Å². The van der Waals surface area contributed by atoms with Crippen LogP contribution in [0.5, 0.6) is 5.75 Å². The van der Waals surface area contributed by atoms with Gasteiger partial charge in [-0.05, 0) is 60.5 Å². The van der Waals surface area contributed by atoms with Crippen LogP contribution in [0.3, 0.4) is 0 Å². The van der Waals surface area contributed by atoms with Crippen molar-refractivity contribution in [1.82, 2.24) is 9.97 Å². The summed E-state index contributed by atoms with van der Waals surface area (Å²) in [7, 11) is 1.62. The predicted molar refractivity (Wildman–Crippen MR) is 122 cm³/mol. The highest BCUT2D eigenvalue weighted by molar-refractivity contribution is 6.32. The molecule has 6 heteroatoms. The number of H-pyrrole nitrogens is 1. The molecule has 0 unspecified atom stereocenters. The molecule has 1 aromatic heterocycles. The minimum absolute atomic E-state index is 0.213. The zero-order valence-electron chi connectivity index (χ0n) is 16.6. The average molecular weight is 418 g/mol. The molecule has 1 amide bonds. The molecular weight excluding hydrogens is 398 g/mol. The number of fused-ring (bicyclic) bond motifs is 1. The first-order valence-electron chi connectivity index (χ1n) is 9.41. The molecule has 5 nitrogen and oxygen atoms in total. The largest absolute Gasteiger partial charge is 0.497 e. The molecule has 0 atom stereocenters. The zero-order valence-corrected chi connectivity index (χ0v) is 17.3. The number of amides is 1. The van der Waals surface area contributed by atoms with Gasteiger partial charge in [0.15, 0.2) is 0 Å². The standard InChI is InChI=1S/C24H20ClN3O2/c1-15-12-21-22(14-20(15)25)28-24(27-21)17-4-3-5-18(13-17)26-23(29)11-8-16-6-9-19(30-2)10-7-16/h3-14H,1-2H3,(H,26,29)(H,27,28)/b11-8+. The third kappa shape index (κ3) is 4.36. The monoisotopic (exact) mass is 417 g/mol. The Kier molecular flexibility index (Phi) is 5.55. The van der Waals surface area contributed by atoms with Gasteiger partial charge in [-0.25, -0.2) is 4.98 Å². The lowest BCUT2D eigenvalue weighted by atomic mass is 10.2. The van der Waals surface area contributed by atoms with Gasteiger partial charge in [0, 0.05) is 22.3 Å². The van der Waals surface area contributed by atoms with Crippen molar-refractivity contribution in [3.05, 3.63) is 82.9 Å². The van der Waals surface area contributed by atoms with Gasteiger partial charge in [0.1, 0.15) is 11.6 Å². The molecule has 0 radical (unpaired) electrons. The molecule has 0 saturated heterocycles. The maximum absolute atomic E-state index is 12.3. The smallest absolute Gasteiger partial charge is 0.248 e. The SMILES string of the molecule is COc1ccc(/C=C/C(=O)Nc2cccc(-c3nc4cc(Cl)c(C)cc4[nH]3)c2)cc1. The number of hydrogen-bond donors (Lipinski definition) is 2. The Morgan fingerprint density at radius 1 is 1.13 bits per heavy atom. The van der Waals surface area contributed by atoms with Crippen LogP contribution in [-0.4, -0.2) is 23.0 Å². The number of ether oxygens (including phenoxy) is 1. The van der Waals surface area contributed by atoms with Crippen LogP contribution >= 0.6 is 11.6 Å². The Morgan fingerprint density at radius 3 is 2.70 bits per heavy atom. The number of nitrogens with one attached hydrogen (secondary N) is 2. The number of carbonyl (C=O) groups is 1. The van der Waals surface area contributed by atoms with Gasteiger partial charge in [-0.1, -0.05) is 35.9 Å². The molecule has 2 N–H and O–H groups in total. The van der Waals surface area contributed by atoms with Gasteiger partial charge >= 0.3 is 0 Å². The molecule has 0 aliphatic heterocycles. The van der Waals surface area contributed by atoms with E-state index in [9.17, 15) is 4.79 Å². The first-order valence-corrected chi connectivity index (χ1v) is 9.79. The van der Waals surface area contributed by atoms with Crippen LogP contribution in [-0.2, 0) is 4.79 Å². The number of aromatic amines is 1. The molecule has 0 aliphatic carbocycles. The zero-order chi connectivity index (χ0) is 21.1. The summed E-state index contributed by atoms with van der Waals surface area (Å²) in [6.07, 6.45) is 3.25.